The van der Waals surface area contributed by atoms with Crippen molar-refractivity contribution in [1.29, 1.82) is 0 Å². The molecule has 0 spiro atoms. The number of thiazole rings is 1. The van der Waals surface area contributed by atoms with Crippen molar-refractivity contribution >= 4 is 11.3 Å². The molecule has 0 atom stereocenters. The third kappa shape index (κ3) is 3.33. The molecule has 3 aromatic rings. The minimum absolute atomic E-state index is 0.626. The van der Waals surface area contributed by atoms with Crippen molar-refractivity contribution in [3.8, 4) is 23.1 Å². The second-order valence-electron chi connectivity index (χ2n) is 5.80. The molecule has 2 aromatic heterocycles. The average molecular weight is 320 g/mol. The Balaban J connectivity index is 1.55. The molecule has 1 aromatic carbocycles. The first kappa shape index (κ1) is 14.2. The molecule has 114 valence electrons. The van der Waals surface area contributed by atoms with Crippen LogP contribution < -0.4 is 0 Å². The van der Waals surface area contributed by atoms with Crippen LogP contribution in [0.5, 0.6) is 0 Å². The fraction of sp³-hybridized carbons (Fsp3) is 0.278. The molecular weight excluding hydrogens is 304 g/mol. The van der Waals surface area contributed by atoms with E-state index in [1.807, 2.05) is 22.5 Å². The number of hydrogen-bond donors (Lipinski definition) is 0. The van der Waals surface area contributed by atoms with E-state index < -0.39 is 0 Å². The van der Waals surface area contributed by atoms with Crippen LogP contribution >= 0.6 is 11.3 Å². The zero-order chi connectivity index (χ0) is 15.6. The maximum Gasteiger partial charge on any atom is 0.114 e. The Morgan fingerprint density at radius 1 is 1.35 bits per heavy atom. The summed E-state index contributed by atoms with van der Waals surface area (Å²) in [4.78, 5) is 4.28. The van der Waals surface area contributed by atoms with Gasteiger partial charge in [-0.3, -0.25) is 0 Å². The van der Waals surface area contributed by atoms with Crippen LogP contribution in [-0.4, -0.2) is 20.0 Å². The summed E-state index contributed by atoms with van der Waals surface area (Å²) in [6, 6.07) is 6.28. The number of aryl methyl sites for hydroxylation is 1. The fourth-order valence-electron chi connectivity index (χ4n) is 2.41. The lowest BCUT2D eigenvalue weighted by molar-refractivity contribution is 0.647. The van der Waals surface area contributed by atoms with Crippen molar-refractivity contribution in [2.45, 2.75) is 26.3 Å². The van der Waals surface area contributed by atoms with Gasteiger partial charge in [-0.1, -0.05) is 23.1 Å². The lowest BCUT2D eigenvalue weighted by Gasteiger charge is -2.02. The smallest absolute Gasteiger partial charge is 0.114 e. The van der Waals surface area contributed by atoms with Crippen LogP contribution in [0.3, 0.4) is 0 Å². The van der Waals surface area contributed by atoms with Crippen LogP contribution in [-0.2, 0) is 6.54 Å². The monoisotopic (exact) mass is 320 g/mol. The first-order valence-corrected chi connectivity index (χ1v) is 8.57. The first-order chi connectivity index (χ1) is 11.3. The Kier molecular flexibility index (Phi) is 3.68. The molecule has 0 unspecified atom stereocenters. The normalized spacial score (nSPS) is 13.6. The summed E-state index contributed by atoms with van der Waals surface area (Å²) in [5, 5.41) is 11.5. The van der Waals surface area contributed by atoms with Crippen LogP contribution in [0.15, 0.2) is 36.0 Å². The predicted molar refractivity (Wildman–Crippen MR) is 91.0 cm³/mol. The van der Waals surface area contributed by atoms with E-state index in [9.17, 15) is 0 Å². The molecule has 0 aliphatic heterocycles. The molecule has 5 heteroatoms. The van der Waals surface area contributed by atoms with Gasteiger partial charge in [0, 0.05) is 28.6 Å². The lowest BCUT2D eigenvalue weighted by Crippen LogP contribution is -1.99. The number of benzene rings is 1. The van der Waals surface area contributed by atoms with Gasteiger partial charge >= 0.3 is 0 Å². The van der Waals surface area contributed by atoms with Gasteiger partial charge in [-0.25, -0.2) is 9.67 Å². The molecule has 2 heterocycles. The molecule has 4 rings (SSSR count). The molecule has 1 saturated carbocycles. The third-order valence-corrected chi connectivity index (χ3v) is 4.58. The Bertz CT molecular complexity index is 879. The van der Waals surface area contributed by atoms with E-state index in [1.165, 1.54) is 18.4 Å². The average Bonchev–Trinajstić information content (AvgIpc) is 3.03. The summed E-state index contributed by atoms with van der Waals surface area (Å²) >= 11 is 1.63. The molecule has 1 aliphatic rings. The molecule has 1 fully saturated rings. The van der Waals surface area contributed by atoms with E-state index in [1.54, 1.807) is 11.3 Å². The summed E-state index contributed by atoms with van der Waals surface area (Å²) in [5.41, 5.74) is 4.25. The van der Waals surface area contributed by atoms with Crippen molar-refractivity contribution in [2.75, 3.05) is 0 Å². The third-order valence-electron chi connectivity index (χ3n) is 3.82. The second-order valence-corrected chi connectivity index (χ2v) is 6.78. The minimum Gasteiger partial charge on any atom is -0.248 e. The van der Waals surface area contributed by atoms with Gasteiger partial charge in [-0.05, 0) is 37.5 Å². The lowest BCUT2D eigenvalue weighted by atomic mass is 10.0. The Morgan fingerprint density at radius 3 is 3.00 bits per heavy atom. The van der Waals surface area contributed by atoms with Crippen molar-refractivity contribution in [3.05, 3.63) is 52.1 Å². The standard InChI is InChI=1S/C18H16N4S/c1-13-10-15(5-4-14-2-3-14)6-7-16(13)17-11-22(21-20-17)12-18-19-8-9-23-18/h6-11,14H,2-3,12H2,1H3. The summed E-state index contributed by atoms with van der Waals surface area (Å²) in [6.07, 6.45) is 6.29. The number of hydrogen-bond acceptors (Lipinski definition) is 4. The highest BCUT2D eigenvalue weighted by atomic mass is 32.1. The van der Waals surface area contributed by atoms with Gasteiger partial charge in [0.1, 0.15) is 10.7 Å². The van der Waals surface area contributed by atoms with Crippen LogP contribution in [0.4, 0.5) is 0 Å². The van der Waals surface area contributed by atoms with E-state index in [2.05, 4.69) is 52.3 Å². The highest BCUT2D eigenvalue weighted by Gasteiger charge is 2.17. The van der Waals surface area contributed by atoms with E-state index in [4.69, 9.17) is 0 Å². The van der Waals surface area contributed by atoms with Crippen molar-refractivity contribution < 1.29 is 0 Å². The predicted octanol–water partition coefficient (Wildman–Crippen LogP) is 3.52. The Labute approximate surface area is 139 Å². The van der Waals surface area contributed by atoms with Gasteiger partial charge in [0.2, 0.25) is 0 Å². The molecule has 1 aliphatic carbocycles. The molecular formula is C18H16N4S. The molecule has 0 radical (unpaired) electrons. The quantitative estimate of drug-likeness (QED) is 0.694. The molecule has 0 N–H and O–H groups in total. The Hall–Kier alpha value is -2.45. The molecule has 23 heavy (non-hydrogen) atoms. The van der Waals surface area contributed by atoms with Gasteiger partial charge in [0.15, 0.2) is 0 Å². The summed E-state index contributed by atoms with van der Waals surface area (Å²) in [5.74, 6) is 7.19. The number of rotatable bonds is 3. The van der Waals surface area contributed by atoms with Crippen LogP contribution in [0.1, 0.15) is 29.0 Å². The number of nitrogens with zero attached hydrogens (tertiary/aromatic N) is 4. The van der Waals surface area contributed by atoms with E-state index >= 15 is 0 Å². The molecule has 0 amide bonds. The van der Waals surface area contributed by atoms with E-state index in [0.29, 0.717) is 12.5 Å². The zero-order valence-electron chi connectivity index (χ0n) is 12.9. The summed E-state index contributed by atoms with van der Waals surface area (Å²) in [6.45, 7) is 2.76. The maximum atomic E-state index is 4.30. The van der Waals surface area contributed by atoms with Gasteiger partial charge in [-0.2, -0.15) is 0 Å². The van der Waals surface area contributed by atoms with Crippen LogP contribution in [0.2, 0.25) is 0 Å². The second kappa shape index (κ2) is 5.98. The number of aromatic nitrogens is 4. The van der Waals surface area contributed by atoms with Gasteiger partial charge in [0.25, 0.3) is 0 Å². The van der Waals surface area contributed by atoms with Crippen molar-refractivity contribution in [1.82, 2.24) is 20.0 Å². The highest BCUT2D eigenvalue weighted by molar-refractivity contribution is 7.09. The maximum absolute atomic E-state index is 4.30. The highest BCUT2D eigenvalue weighted by Crippen LogP contribution is 2.28. The van der Waals surface area contributed by atoms with Gasteiger partial charge in [0.05, 0.1) is 12.7 Å². The van der Waals surface area contributed by atoms with E-state index in [-0.39, 0.29) is 0 Å². The van der Waals surface area contributed by atoms with Crippen molar-refractivity contribution in [2.24, 2.45) is 5.92 Å². The topological polar surface area (TPSA) is 43.6 Å². The zero-order valence-corrected chi connectivity index (χ0v) is 13.7. The summed E-state index contributed by atoms with van der Waals surface area (Å²) in [7, 11) is 0. The van der Waals surface area contributed by atoms with Gasteiger partial charge < -0.3 is 0 Å². The van der Waals surface area contributed by atoms with Crippen LogP contribution in [0, 0.1) is 24.7 Å². The Morgan fingerprint density at radius 2 is 2.26 bits per heavy atom. The molecule has 4 nitrogen and oxygen atoms in total. The van der Waals surface area contributed by atoms with E-state index in [0.717, 1.165) is 21.8 Å². The van der Waals surface area contributed by atoms with Gasteiger partial charge in [-0.15, -0.1) is 16.4 Å². The van der Waals surface area contributed by atoms with Crippen LogP contribution in [0.25, 0.3) is 11.3 Å². The summed E-state index contributed by atoms with van der Waals surface area (Å²) < 4.78 is 1.83. The SMILES string of the molecule is Cc1cc(C#CC2CC2)ccc1-c1cn(Cc2nccs2)nn1. The minimum atomic E-state index is 0.626. The molecule has 0 bridgehead atoms. The first-order valence-electron chi connectivity index (χ1n) is 7.69. The van der Waals surface area contributed by atoms with Crippen molar-refractivity contribution in [3.63, 3.8) is 0 Å². The largest absolute Gasteiger partial charge is 0.248 e. The molecule has 0 saturated heterocycles. The fourth-order valence-corrected chi connectivity index (χ4v) is 3.02.